The molecule has 1 aliphatic rings. The van der Waals surface area contributed by atoms with Crippen molar-refractivity contribution >= 4 is 35.1 Å². The van der Waals surface area contributed by atoms with Crippen LogP contribution in [0.3, 0.4) is 0 Å². The van der Waals surface area contributed by atoms with Crippen molar-refractivity contribution in [1.82, 2.24) is 5.32 Å². The number of aliphatic hydroxyl groups is 2. The van der Waals surface area contributed by atoms with Crippen LogP contribution in [0.1, 0.15) is 22.8 Å². The third-order valence-electron chi connectivity index (χ3n) is 5.17. The molecule has 2 aromatic rings. The van der Waals surface area contributed by atoms with E-state index in [-0.39, 0.29) is 28.0 Å². The zero-order chi connectivity index (χ0) is 24.8. The van der Waals surface area contributed by atoms with Crippen molar-refractivity contribution in [2.75, 3.05) is 13.7 Å². The van der Waals surface area contributed by atoms with Gasteiger partial charge >= 0.3 is 5.97 Å². The lowest BCUT2D eigenvalue weighted by Gasteiger charge is -2.42. The van der Waals surface area contributed by atoms with Crippen LogP contribution in [0.25, 0.3) is 0 Å². The first kappa shape index (κ1) is 26.2. The Morgan fingerprint density at radius 3 is 2.38 bits per heavy atom. The van der Waals surface area contributed by atoms with E-state index >= 15 is 0 Å². The molecule has 3 rings (SSSR count). The number of hydrogen-bond acceptors (Lipinski definition) is 8. The molecule has 3 N–H and O–H groups in total. The average Bonchev–Trinajstić information content (AvgIpc) is 2.82. The van der Waals surface area contributed by atoms with Gasteiger partial charge in [-0.25, -0.2) is 4.79 Å². The van der Waals surface area contributed by atoms with Gasteiger partial charge in [0.05, 0.1) is 23.8 Å². The lowest BCUT2D eigenvalue weighted by atomic mass is 9.97. The predicted octanol–water partition coefficient (Wildman–Crippen LogP) is 2.33. The molecule has 1 aliphatic heterocycles. The van der Waals surface area contributed by atoms with Gasteiger partial charge in [-0.05, 0) is 17.7 Å². The smallest absolute Gasteiger partial charge is 0.343 e. The van der Waals surface area contributed by atoms with E-state index in [0.29, 0.717) is 0 Å². The van der Waals surface area contributed by atoms with Crippen molar-refractivity contribution in [3.8, 4) is 5.75 Å². The lowest BCUT2D eigenvalue weighted by Crippen LogP contribution is -2.64. The number of halogens is 2. The minimum Gasteiger partial charge on any atom is -0.494 e. The van der Waals surface area contributed by atoms with Crippen LogP contribution in [-0.2, 0) is 25.6 Å². The number of amides is 1. The van der Waals surface area contributed by atoms with Gasteiger partial charge in [0.15, 0.2) is 12.0 Å². The summed E-state index contributed by atoms with van der Waals surface area (Å²) in [5.41, 5.74) is 0.745. The van der Waals surface area contributed by atoms with E-state index in [2.05, 4.69) is 5.32 Å². The SMILES string of the molecule is COc1c(Cl)ccc(Cl)c1C(=O)OC[C@H]1O[C@@H](OCc2ccccc2)[C@H](NC(C)=O)[C@@H](O)[C@@H]1O. The maximum atomic E-state index is 12.7. The fourth-order valence-corrected chi connectivity index (χ4v) is 3.97. The van der Waals surface area contributed by atoms with Crippen LogP contribution in [0.2, 0.25) is 10.0 Å². The molecule has 0 saturated carbocycles. The highest BCUT2D eigenvalue weighted by Crippen LogP contribution is 2.34. The first-order valence-electron chi connectivity index (χ1n) is 10.4. The number of rotatable bonds is 8. The highest BCUT2D eigenvalue weighted by Gasteiger charge is 2.46. The summed E-state index contributed by atoms with van der Waals surface area (Å²) in [4.78, 5) is 24.3. The minimum atomic E-state index is -1.49. The summed E-state index contributed by atoms with van der Waals surface area (Å²) in [7, 11) is 1.33. The Kier molecular flexibility index (Phi) is 9.12. The average molecular weight is 514 g/mol. The Hall–Kier alpha value is -2.40. The Morgan fingerprint density at radius 1 is 1.06 bits per heavy atom. The molecule has 9 nitrogen and oxygen atoms in total. The molecule has 1 saturated heterocycles. The topological polar surface area (TPSA) is 124 Å². The molecule has 0 unspecified atom stereocenters. The molecule has 0 aliphatic carbocycles. The summed E-state index contributed by atoms with van der Waals surface area (Å²) >= 11 is 12.2. The standard InChI is InChI=1S/C23H25Cl2NO8/c1-12(27)26-18-20(29)19(28)16(34-23(18)33-10-13-6-4-3-5-7-13)11-32-22(30)17-14(24)8-9-15(25)21(17)31-2/h3-9,16,18-20,23,28-29H,10-11H2,1-2H3,(H,26,27)/t16-,18-,19-,20-,23-/m1/s1. The van der Waals surface area contributed by atoms with Crippen LogP contribution >= 0.6 is 23.2 Å². The van der Waals surface area contributed by atoms with Gasteiger partial charge in [0.25, 0.3) is 0 Å². The zero-order valence-electron chi connectivity index (χ0n) is 18.4. The number of nitrogens with one attached hydrogen (secondary N) is 1. The number of carbonyl (C=O) groups is 2. The van der Waals surface area contributed by atoms with E-state index in [9.17, 15) is 19.8 Å². The molecule has 2 aromatic carbocycles. The molecule has 1 heterocycles. The molecule has 0 bridgehead atoms. The van der Waals surface area contributed by atoms with E-state index in [1.54, 1.807) is 0 Å². The van der Waals surface area contributed by atoms with Crippen LogP contribution in [0, 0.1) is 0 Å². The number of carbonyl (C=O) groups excluding carboxylic acids is 2. The van der Waals surface area contributed by atoms with Gasteiger partial charge in [0.2, 0.25) is 5.91 Å². The minimum absolute atomic E-state index is 0.0408. The Labute approximate surface area is 206 Å². The fourth-order valence-electron chi connectivity index (χ4n) is 3.51. The fraction of sp³-hybridized carbons (Fsp3) is 0.391. The number of aliphatic hydroxyl groups excluding tert-OH is 2. The summed E-state index contributed by atoms with van der Waals surface area (Å²) in [6, 6.07) is 11.0. The van der Waals surface area contributed by atoms with Gasteiger partial charge in [-0.1, -0.05) is 53.5 Å². The Bertz CT molecular complexity index is 1010. The van der Waals surface area contributed by atoms with Gasteiger partial charge < -0.3 is 34.5 Å². The van der Waals surface area contributed by atoms with Crippen LogP contribution in [0.4, 0.5) is 0 Å². The monoisotopic (exact) mass is 513 g/mol. The number of ether oxygens (including phenoxy) is 4. The maximum absolute atomic E-state index is 12.7. The number of methoxy groups -OCH3 is 1. The Morgan fingerprint density at radius 2 is 1.74 bits per heavy atom. The molecule has 184 valence electrons. The summed E-state index contributed by atoms with van der Waals surface area (Å²) in [5.74, 6) is -1.26. The lowest BCUT2D eigenvalue weighted by molar-refractivity contribution is -0.273. The molecule has 11 heteroatoms. The number of esters is 1. The van der Waals surface area contributed by atoms with Gasteiger partial charge in [-0.15, -0.1) is 0 Å². The first-order valence-corrected chi connectivity index (χ1v) is 11.1. The molecular weight excluding hydrogens is 489 g/mol. The van der Waals surface area contributed by atoms with Gasteiger partial charge in [-0.3, -0.25) is 4.79 Å². The van der Waals surface area contributed by atoms with E-state index in [4.69, 9.17) is 42.1 Å². The quantitative estimate of drug-likeness (QED) is 0.459. The van der Waals surface area contributed by atoms with Crippen molar-refractivity contribution in [2.24, 2.45) is 0 Å². The van der Waals surface area contributed by atoms with Crippen LogP contribution in [-0.4, -0.2) is 66.4 Å². The van der Waals surface area contributed by atoms with Crippen molar-refractivity contribution in [3.05, 3.63) is 63.6 Å². The second kappa shape index (κ2) is 11.8. The second-order valence-corrected chi connectivity index (χ2v) is 8.40. The van der Waals surface area contributed by atoms with Crippen LogP contribution < -0.4 is 10.1 Å². The summed E-state index contributed by atoms with van der Waals surface area (Å²) in [5, 5.41) is 24.0. The molecule has 0 aromatic heterocycles. The first-order chi connectivity index (χ1) is 16.2. The molecule has 1 fully saturated rings. The van der Waals surface area contributed by atoms with Crippen molar-refractivity contribution in [1.29, 1.82) is 0 Å². The maximum Gasteiger partial charge on any atom is 0.343 e. The van der Waals surface area contributed by atoms with Gasteiger partial charge in [0, 0.05) is 6.92 Å². The van der Waals surface area contributed by atoms with Crippen molar-refractivity contribution in [2.45, 2.75) is 44.2 Å². The van der Waals surface area contributed by atoms with Crippen molar-refractivity contribution < 1.29 is 38.7 Å². The predicted molar refractivity (Wildman–Crippen MR) is 123 cm³/mol. The molecular formula is C23H25Cl2NO8. The number of hydrogen-bond donors (Lipinski definition) is 3. The largest absolute Gasteiger partial charge is 0.494 e. The molecule has 1 amide bonds. The number of benzene rings is 2. The third-order valence-corrected chi connectivity index (χ3v) is 5.79. The molecule has 5 atom stereocenters. The second-order valence-electron chi connectivity index (χ2n) is 7.58. The van der Waals surface area contributed by atoms with Gasteiger partial charge in [0.1, 0.15) is 36.5 Å². The summed E-state index contributed by atoms with van der Waals surface area (Å²) in [6.07, 6.45) is -5.23. The zero-order valence-corrected chi connectivity index (χ0v) is 20.0. The Balaban J connectivity index is 1.73. The normalized spacial score (nSPS) is 24.4. The van der Waals surface area contributed by atoms with Gasteiger partial charge in [-0.2, -0.15) is 0 Å². The van der Waals surface area contributed by atoms with Crippen LogP contribution in [0.15, 0.2) is 42.5 Å². The van der Waals surface area contributed by atoms with E-state index in [0.717, 1.165) is 5.56 Å². The molecule has 34 heavy (non-hydrogen) atoms. The summed E-state index contributed by atoms with van der Waals surface area (Å²) in [6.45, 7) is 0.941. The highest BCUT2D eigenvalue weighted by molar-refractivity contribution is 6.37. The third kappa shape index (κ3) is 6.18. The van der Waals surface area contributed by atoms with Crippen LogP contribution in [0.5, 0.6) is 5.75 Å². The highest BCUT2D eigenvalue weighted by atomic mass is 35.5. The summed E-state index contributed by atoms with van der Waals surface area (Å²) < 4.78 is 22.0. The molecule has 0 spiro atoms. The van der Waals surface area contributed by atoms with Crippen molar-refractivity contribution in [3.63, 3.8) is 0 Å². The molecule has 0 radical (unpaired) electrons. The van der Waals surface area contributed by atoms with E-state index in [1.807, 2.05) is 30.3 Å². The van der Waals surface area contributed by atoms with E-state index in [1.165, 1.54) is 26.2 Å². The van der Waals surface area contributed by atoms with E-state index < -0.39 is 49.1 Å².